The number of carbonyl (C=O) groups excluding carboxylic acids is 2. The molecule has 0 aromatic heterocycles. The van der Waals surface area contributed by atoms with E-state index in [0.717, 1.165) is 32.1 Å². The molecule has 13 aliphatic rings. The lowest BCUT2D eigenvalue weighted by molar-refractivity contribution is -0.371. The molecule has 3 aliphatic heterocycles. The standard InChI is InChI=1S/C46H60F8O10/c1-2-29-6-26-4-3-5-30(7-26)44(29)59-20-37(21-60-44,18-57-35(55)38-12-27-8-31(14-38)45(32(9-27)15-38)61-22-40(47,48)41(49,50)23-62-45)19-58-36(56)39-13-28-10-33(16-39)46(34(11-28)17-39)63-24-42(51,52)43(53,54)25-64-46/h26-34H,2-25H2,1H3. The molecule has 0 N–H and O–H groups in total. The topological polar surface area (TPSA) is 108 Å². The van der Waals surface area contributed by atoms with Gasteiger partial charge in [-0.3, -0.25) is 9.59 Å². The van der Waals surface area contributed by atoms with E-state index in [-0.39, 0.29) is 75.8 Å². The van der Waals surface area contributed by atoms with Crippen LogP contribution < -0.4 is 0 Å². The van der Waals surface area contributed by atoms with Crippen LogP contribution in [-0.4, -0.2) is 106 Å². The smallest absolute Gasteiger partial charge is 0.335 e. The van der Waals surface area contributed by atoms with Crippen molar-refractivity contribution in [1.82, 2.24) is 0 Å². The van der Waals surface area contributed by atoms with E-state index in [1.165, 1.54) is 6.42 Å². The minimum atomic E-state index is -4.41. The van der Waals surface area contributed by atoms with Crippen molar-refractivity contribution >= 4 is 11.9 Å². The molecule has 13 rings (SSSR count). The summed E-state index contributed by atoms with van der Waals surface area (Å²) >= 11 is 0. The first-order valence-corrected chi connectivity index (χ1v) is 23.8. The van der Waals surface area contributed by atoms with Crippen LogP contribution in [0.25, 0.3) is 0 Å². The first-order valence-electron chi connectivity index (χ1n) is 23.8. The van der Waals surface area contributed by atoms with Gasteiger partial charge in [0.2, 0.25) is 0 Å². The van der Waals surface area contributed by atoms with Crippen LogP contribution in [0.3, 0.4) is 0 Å². The van der Waals surface area contributed by atoms with E-state index in [1.54, 1.807) is 0 Å². The zero-order valence-corrected chi connectivity index (χ0v) is 36.3. The highest BCUT2D eigenvalue weighted by molar-refractivity contribution is 5.78. The average Bonchev–Trinajstić information content (AvgIpc) is 3.41. The number of rotatable bonds is 7. The van der Waals surface area contributed by atoms with E-state index in [2.05, 4.69) is 6.92 Å². The Morgan fingerprint density at radius 3 is 1.23 bits per heavy atom. The van der Waals surface area contributed by atoms with Gasteiger partial charge in [-0.2, -0.15) is 35.1 Å². The second-order valence-corrected chi connectivity index (χ2v) is 22.7. The van der Waals surface area contributed by atoms with Crippen LogP contribution in [0.2, 0.25) is 0 Å². The van der Waals surface area contributed by atoms with Crippen LogP contribution in [0.5, 0.6) is 0 Å². The van der Waals surface area contributed by atoms with Crippen LogP contribution in [0.15, 0.2) is 0 Å². The number of esters is 2. The number of ether oxygens (including phenoxy) is 8. The molecule has 10 bridgehead atoms. The van der Waals surface area contributed by atoms with E-state index in [0.29, 0.717) is 44.4 Å². The Morgan fingerprint density at radius 2 is 0.844 bits per heavy atom. The predicted molar refractivity (Wildman–Crippen MR) is 204 cm³/mol. The number of alkyl halides is 8. The summed E-state index contributed by atoms with van der Waals surface area (Å²) in [4.78, 5) is 29.1. The largest absolute Gasteiger partial charge is 0.464 e. The summed E-state index contributed by atoms with van der Waals surface area (Å²) in [7, 11) is 0. The zero-order chi connectivity index (χ0) is 45.0. The van der Waals surface area contributed by atoms with Gasteiger partial charge in [-0.25, -0.2) is 0 Å². The van der Waals surface area contributed by atoms with Crippen molar-refractivity contribution < 1.29 is 82.6 Å². The molecule has 360 valence electrons. The summed E-state index contributed by atoms with van der Waals surface area (Å²) in [6.45, 7) is -4.15. The lowest BCUT2D eigenvalue weighted by Crippen LogP contribution is -2.66. The molecular formula is C46H60F8O10. The molecule has 7 atom stereocenters. The zero-order valence-electron chi connectivity index (χ0n) is 36.3. The van der Waals surface area contributed by atoms with Gasteiger partial charge >= 0.3 is 35.6 Å². The van der Waals surface area contributed by atoms with E-state index in [4.69, 9.17) is 37.9 Å². The monoisotopic (exact) mass is 924 g/mol. The summed E-state index contributed by atoms with van der Waals surface area (Å²) in [5.74, 6) is -24.2. The van der Waals surface area contributed by atoms with Crippen molar-refractivity contribution in [1.29, 1.82) is 0 Å². The highest BCUT2D eigenvalue weighted by atomic mass is 19.3. The molecule has 3 heterocycles. The van der Waals surface area contributed by atoms with E-state index < -0.39 is 119 Å². The van der Waals surface area contributed by atoms with Crippen LogP contribution >= 0.6 is 0 Å². The Balaban J connectivity index is 0.819. The molecule has 3 saturated heterocycles. The van der Waals surface area contributed by atoms with Crippen molar-refractivity contribution in [2.75, 3.05) is 52.9 Å². The maximum atomic E-state index is 14.5. The van der Waals surface area contributed by atoms with E-state index in [1.807, 2.05) is 0 Å². The van der Waals surface area contributed by atoms with E-state index >= 15 is 0 Å². The van der Waals surface area contributed by atoms with Crippen LogP contribution in [-0.2, 0) is 47.5 Å². The number of carbonyl (C=O) groups is 2. The predicted octanol–water partition coefficient (Wildman–Crippen LogP) is 8.72. The third-order valence-corrected chi connectivity index (χ3v) is 18.8. The van der Waals surface area contributed by atoms with E-state index in [9.17, 15) is 44.7 Å². The van der Waals surface area contributed by atoms with Gasteiger partial charge in [0, 0.05) is 35.5 Å². The molecule has 0 aromatic carbocycles. The highest BCUT2D eigenvalue weighted by Crippen LogP contribution is 2.68. The van der Waals surface area contributed by atoms with Gasteiger partial charge in [-0.05, 0) is 108 Å². The molecule has 10 aliphatic carbocycles. The molecule has 0 amide bonds. The van der Waals surface area contributed by atoms with Crippen LogP contribution in [0, 0.1) is 69.5 Å². The Morgan fingerprint density at radius 1 is 0.469 bits per heavy atom. The molecule has 3 spiro atoms. The molecular weight excluding hydrogens is 864 g/mol. The minimum Gasteiger partial charge on any atom is -0.464 e. The first-order chi connectivity index (χ1) is 30.1. The molecule has 0 aromatic rings. The normalized spacial score (nSPS) is 48.2. The van der Waals surface area contributed by atoms with Gasteiger partial charge in [0.1, 0.15) is 39.6 Å². The SMILES string of the molecule is CCC1CC2CCCC(C2)C12OCC(COC(=O)C13CC4CC(C1)C1(OCC(F)(F)C(F)(F)CO1)C(C4)C3)(COC(=O)C13CC4CC(C1)C1(OCC(F)(F)C(F)(F)CO1)C(C4)C3)CO2. The summed E-state index contributed by atoms with van der Waals surface area (Å²) < 4.78 is 165. The van der Waals surface area contributed by atoms with Gasteiger partial charge in [-0.15, -0.1) is 0 Å². The molecule has 10 nitrogen and oxygen atoms in total. The van der Waals surface area contributed by atoms with Crippen molar-refractivity contribution in [3.63, 3.8) is 0 Å². The lowest BCUT2D eigenvalue weighted by Gasteiger charge is -2.63. The summed E-state index contributed by atoms with van der Waals surface area (Å²) in [5.41, 5.74) is -3.19. The van der Waals surface area contributed by atoms with Crippen LogP contribution in [0.1, 0.15) is 110 Å². The fourth-order valence-corrected chi connectivity index (χ4v) is 15.9. The fraction of sp³-hybridized carbons (Fsp3) is 0.957. The Hall–Kier alpha value is -1.86. The Labute approximate surface area is 367 Å². The molecule has 13 fully saturated rings. The lowest BCUT2D eigenvalue weighted by atomic mass is 9.47. The third-order valence-electron chi connectivity index (χ3n) is 18.8. The molecule has 0 radical (unpaired) electrons. The van der Waals surface area contributed by atoms with Crippen molar-refractivity contribution in [3.05, 3.63) is 0 Å². The van der Waals surface area contributed by atoms with Gasteiger partial charge < -0.3 is 37.9 Å². The fourth-order valence-electron chi connectivity index (χ4n) is 15.9. The van der Waals surface area contributed by atoms with Crippen molar-refractivity contribution in [2.45, 2.75) is 151 Å². The summed E-state index contributed by atoms with van der Waals surface area (Å²) in [6, 6.07) is 0. The van der Waals surface area contributed by atoms with Crippen molar-refractivity contribution in [2.24, 2.45) is 69.5 Å². The Bertz CT molecular complexity index is 1690. The number of halogens is 8. The number of fused-ring (bicyclic) bond motifs is 3. The number of hydrogen-bond acceptors (Lipinski definition) is 10. The number of hydrogen-bond donors (Lipinski definition) is 0. The molecule has 7 unspecified atom stereocenters. The third kappa shape index (κ3) is 6.48. The van der Waals surface area contributed by atoms with Gasteiger partial charge in [0.25, 0.3) is 0 Å². The first kappa shape index (κ1) is 44.6. The maximum absolute atomic E-state index is 14.5. The highest BCUT2D eigenvalue weighted by Gasteiger charge is 2.73. The van der Waals surface area contributed by atoms with Gasteiger partial charge in [0.15, 0.2) is 17.4 Å². The molecule has 64 heavy (non-hydrogen) atoms. The molecule has 18 heteroatoms. The maximum Gasteiger partial charge on any atom is 0.335 e. The quantitative estimate of drug-likeness (QED) is 0.182. The van der Waals surface area contributed by atoms with Gasteiger partial charge in [0.05, 0.1) is 29.5 Å². The van der Waals surface area contributed by atoms with Gasteiger partial charge in [-0.1, -0.05) is 19.8 Å². The second kappa shape index (κ2) is 14.6. The molecule has 10 saturated carbocycles. The van der Waals surface area contributed by atoms with Crippen LogP contribution in [0.4, 0.5) is 35.1 Å². The minimum absolute atomic E-state index is 0.0149. The average molecular weight is 925 g/mol. The second-order valence-electron chi connectivity index (χ2n) is 22.7. The Kier molecular flexibility index (Phi) is 10.2. The summed E-state index contributed by atoms with van der Waals surface area (Å²) in [5, 5.41) is 0. The summed E-state index contributed by atoms with van der Waals surface area (Å²) in [6.07, 6.45) is 9.52. The van der Waals surface area contributed by atoms with Crippen molar-refractivity contribution in [3.8, 4) is 0 Å².